The molecular formula is C29H42F3N7O3. The van der Waals surface area contributed by atoms with E-state index in [1.807, 2.05) is 4.90 Å². The summed E-state index contributed by atoms with van der Waals surface area (Å²) in [4.78, 5) is 31.4. The molecule has 4 atom stereocenters. The Bertz CT molecular complexity index is 1330. The van der Waals surface area contributed by atoms with Crippen molar-refractivity contribution < 1.29 is 22.7 Å². The Morgan fingerprint density at radius 1 is 1.07 bits per heavy atom. The van der Waals surface area contributed by atoms with Gasteiger partial charge in [-0.05, 0) is 55.7 Å². The van der Waals surface area contributed by atoms with Gasteiger partial charge in [0.2, 0.25) is 0 Å². The zero-order valence-corrected chi connectivity index (χ0v) is 24.4. The van der Waals surface area contributed by atoms with Crippen molar-refractivity contribution in [2.75, 3.05) is 47.0 Å². The number of nitrogens with zero attached hydrogens (tertiary/aromatic N) is 5. The number of nitrogens with one attached hydrogen (secondary N) is 2. The molecule has 10 nitrogen and oxygen atoms in total. The summed E-state index contributed by atoms with van der Waals surface area (Å²) in [6.07, 6.45) is 5.50. The van der Waals surface area contributed by atoms with Crippen molar-refractivity contribution in [3.05, 3.63) is 40.1 Å². The molecule has 2 aromatic heterocycles. The fourth-order valence-electron chi connectivity index (χ4n) is 7.72. The Labute approximate surface area is 243 Å². The maximum atomic E-state index is 14.3. The quantitative estimate of drug-likeness (QED) is 0.531. The molecule has 2 aliphatic carbocycles. The van der Waals surface area contributed by atoms with Gasteiger partial charge in [0, 0.05) is 51.2 Å². The number of aromatic nitrogens is 2. The average Bonchev–Trinajstić information content (AvgIpc) is 3.52. The van der Waals surface area contributed by atoms with Crippen LogP contribution in [0.2, 0.25) is 0 Å². The summed E-state index contributed by atoms with van der Waals surface area (Å²) in [6.45, 7) is 2.93. The van der Waals surface area contributed by atoms with Crippen LogP contribution in [0.4, 0.5) is 18.0 Å². The molecule has 2 aliphatic heterocycles. The van der Waals surface area contributed by atoms with Crippen molar-refractivity contribution in [3.8, 4) is 0 Å². The highest BCUT2D eigenvalue weighted by Crippen LogP contribution is 2.47. The number of imidazole rings is 1. The number of alkyl halides is 3. The van der Waals surface area contributed by atoms with Crippen LogP contribution >= 0.6 is 0 Å². The number of carbonyl (C=O) groups is 1. The maximum absolute atomic E-state index is 14.3. The molecule has 6 rings (SSSR count). The van der Waals surface area contributed by atoms with E-state index in [-0.39, 0.29) is 24.3 Å². The van der Waals surface area contributed by atoms with E-state index < -0.39 is 23.5 Å². The summed E-state index contributed by atoms with van der Waals surface area (Å²) in [7, 11) is 3.44. The van der Waals surface area contributed by atoms with E-state index in [1.165, 1.54) is 43.0 Å². The SMILES string of the molecule is COC(=O)N1CCN(Cc2cc(C(F)(F)F)c3cn(C4CCCC([C@H](C5CCC5)C5NNCN5C)C4)c(=O)n3c2)CC1. The normalized spacial score (nSPS) is 27.4. The van der Waals surface area contributed by atoms with Crippen LogP contribution in [0.15, 0.2) is 23.3 Å². The highest BCUT2D eigenvalue weighted by Gasteiger charge is 2.44. The molecule has 4 fully saturated rings. The minimum atomic E-state index is -4.60. The monoisotopic (exact) mass is 593 g/mol. The molecule has 2 N–H and O–H groups in total. The third-order valence-corrected chi connectivity index (χ3v) is 10.1. The lowest BCUT2D eigenvalue weighted by molar-refractivity contribution is -0.136. The maximum Gasteiger partial charge on any atom is 0.418 e. The summed E-state index contributed by atoms with van der Waals surface area (Å²) in [5, 5.41) is 0. The predicted molar refractivity (Wildman–Crippen MR) is 150 cm³/mol. The number of ether oxygens (including phenoxy) is 1. The number of piperazine rings is 1. The van der Waals surface area contributed by atoms with Crippen molar-refractivity contribution in [1.82, 2.24) is 34.5 Å². The number of carbonyl (C=O) groups excluding carboxylic acids is 1. The van der Waals surface area contributed by atoms with Crippen LogP contribution in [0.5, 0.6) is 0 Å². The highest BCUT2D eigenvalue weighted by molar-refractivity contribution is 5.67. The second-order valence-electron chi connectivity index (χ2n) is 12.6. The highest BCUT2D eigenvalue weighted by atomic mass is 19.4. The lowest BCUT2D eigenvalue weighted by atomic mass is 9.65. The number of methoxy groups -OCH3 is 1. The van der Waals surface area contributed by atoms with Crippen molar-refractivity contribution in [1.29, 1.82) is 0 Å². The van der Waals surface area contributed by atoms with E-state index in [4.69, 9.17) is 4.74 Å². The lowest BCUT2D eigenvalue weighted by Crippen LogP contribution is -2.50. The zero-order valence-electron chi connectivity index (χ0n) is 24.4. The Hall–Kier alpha value is -2.61. The first-order valence-electron chi connectivity index (χ1n) is 15.2. The molecule has 3 unspecified atom stereocenters. The van der Waals surface area contributed by atoms with Crippen LogP contribution in [0.3, 0.4) is 0 Å². The van der Waals surface area contributed by atoms with Crippen molar-refractivity contribution in [2.45, 2.75) is 69.9 Å². The van der Waals surface area contributed by atoms with E-state index in [1.54, 1.807) is 15.7 Å². The molecule has 232 valence electrons. The van der Waals surface area contributed by atoms with Crippen LogP contribution in [-0.2, 0) is 17.5 Å². The summed E-state index contributed by atoms with van der Waals surface area (Å²) < 4.78 is 50.6. The van der Waals surface area contributed by atoms with Gasteiger partial charge in [-0.1, -0.05) is 25.7 Å². The Balaban J connectivity index is 1.26. The Morgan fingerprint density at radius 3 is 2.40 bits per heavy atom. The van der Waals surface area contributed by atoms with E-state index >= 15 is 0 Å². The van der Waals surface area contributed by atoms with Crippen LogP contribution in [0.25, 0.3) is 5.52 Å². The average molecular weight is 594 g/mol. The third kappa shape index (κ3) is 5.68. The smallest absolute Gasteiger partial charge is 0.418 e. The molecule has 0 spiro atoms. The third-order valence-electron chi connectivity index (χ3n) is 10.1. The van der Waals surface area contributed by atoms with Crippen LogP contribution in [-0.4, -0.2) is 82.9 Å². The van der Waals surface area contributed by atoms with E-state index in [9.17, 15) is 22.8 Å². The molecule has 2 saturated heterocycles. The lowest BCUT2D eigenvalue weighted by Gasteiger charge is -2.46. The van der Waals surface area contributed by atoms with Crippen LogP contribution in [0.1, 0.15) is 62.1 Å². The first-order valence-corrected chi connectivity index (χ1v) is 15.2. The molecule has 1 amide bonds. The Kier molecular flexibility index (Phi) is 8.29. The molecule has 2 saturated carbocycles. The summed E-state index contributed by atoms with van der Waals surface area (Å²) in [5.74, 6) is 1.46. The summed E-state index contributed by atoms with van der Waals surface area (Å²) in [6, 6.07) is 1.05. The van der Waals surface area contributed by atoms with Gasteiger partial charge in [-0.3, -0.25) is 18.8 Å². The summed E-state index contributed by atoms with van der Waals surface area (Å²) >= 11 is 0. The van der Waals surface area contributed by atoms with Gasteiger partial charge >= 0.3 is 18.0 Å². The van der Waals surface area contributed by atoms with Gasteiger partial charge in [-0.2, -0.15) is 13.2 Å². The number of rotatable bonds is 6. The van der Waals surface area contributed by atoms with Crippen molar-refractivity contribution in [2.24, 2.45) is 17.8 Å². The van der Waals surface area contributed by atoms with Gasteiger partial charge < -0.3 is 9.64 Å². The molecule has 13 heteroatoms. The van der Waals surface area contributed by atoms with Gasteiger partial charge in [0.1, 0.15) is 0 Å². The first-order chi connectivity index (χ1) is 20.1. The van der Waals surface area contributed by atoms with Gasteiger partial charge in [-0.25, -0.2) is 20.4 Å². The zero-order chi connectivity index (χ0) is 29.6. The molecule has 42 heavy (non-hydrogen) atoms. The van der Waals surface area contributed by atoms with Gasteiger partial charge in [0.05, 0.1) is 31.0 Å². The molecule has 0 radical (unpaired) electrons. The molecule has 0 aromatic carbocycles. The minimum absolute atomic E-state index is 0.0918. The predicted octanol–water partition coefficient (Wildman–Crippen LogP) is 3.47. The number of halogens is 3. The molecule has 0 bridgehead atoms. The largest absolute Gasteiger partial charge is 0.453 e. The first kappa shape index (κ1) is 29.5. The molecule has 4 aliphatic rings. The van der Waals surface area contributed by atoms with E-state index in [0.717, 1.165) is 32.4 Å². The van der Waals surface area contributed by atoms with Crippen molar-refractivity contribution >= 4 is 11.6 Å². The number of pyridine rings is 1. The van der Waals surface area contributed by atoms with Gasteiger partial charge in [0.25, 0.3) is 0 Å². The fourth-order valence-corrected chi connectivity index (χ4v) is 7.72. The number of hydrazine groups is 1. The number of fused-ring (bicyclic) bond motifs is 1. The van der Waals surface area contributed by atoms with Crippen LogP contribution < -0.4 is 16.5 Å². The molecular weight excluding hydrogens is 551 g/mol. The Morgan fingerprint density at radius 2 is 1.79 bits per heavy atom. The number of hydrogen-bond donors (Lipinski definition) is 2. The molecule has 4 heterocycles. The standard InChI is InChI=1S/C29H42F3N7O3/c1-35-18-33-34-26(35)25(20-5-3-6-20)21-7-4-8-22(14-21)38-17-24-23(29(30,31)32)13-19(16-39(24)27(38)40)15-36-9-11-37(12-10-36)28(41)42-2/h13,16-17,20-22,25-26,33-34H,3-12,14-15,18H2,1-2H3/t21?,22?,25-,26?/m0/s1. The minimum Gasteiger partial charge on any atom is -0.453 e. The second kappa shape index (κ2) is 11.8. The molecule has 2 aromatic rings. The topological polar surface area (TPSA) is 86.5 Å². The van der Waals surface area contributed by atoms with Gasteiger partial charge in [0.15, 0.2) is 0 Å². The van der Waals surface area contributed by atoms with Gasteiger partial charge in [-0.15, -0.1) is 0 Å². The number of amides is 1. The second-order valence-corrected chi connectivity index (χ2v) is 12.6. The van der Waals surface area contributed by atoms with Crippen LogP contribution in [0, 0.1) is 17.8 Å². The fraction of sp³-hybridized carbons (Fsp3) is 0.724. The van der Waals surface area contributed by atoms with E-state index in [0.29, 0.717) is 49.5 Å². The van der Waals surface area contributed by atoms with E-state index in [2.05, 4.69) is 22.8 Å². The summed E-state index contributed by atoms with van der Waals surface area (Å²) in [5.41, 5.74) is 5.87. The number of hydrogen-bond acceptors (Lipinski definition) is 7. The van der Waals surface area contributed by atoms with Crippen molar-refractivity contribution in [3.63, 3.8) is 0 Å².